The molecule has 168 valence electrons. The van der Waals surface area contributed by atoms with Crippen LogP contribution in [0, 0.1) is 0 Å². The Kier molecular flexibility index (Phi) is 6.02. The Hall–Kier alpha value is -3.56. The fourth-order valence-electron chi connectivity index (χ4n) is 3.65. The number of amides is 2. The first-order valence-electron chi connectivity index (χ1n) is 10.1. The van der Waals surface area contributed by atoms with Gasteiger partial charge in [0.1, 0.15) is 17.3 Å². The first kappa shape index (κ1) is 21.7. The van der Waals surface area contributed by atoms with Crippen LogP contribution >= 0.6 is 0 Å². The van der Waals surface area contributed by atoms with Gasteiger partial charge in [-0.15, -0.1) is 0 Å². The molecular formula is C22H22F3N5O2. The quantitative estimate of drug-likeness (QED) is 0.605. The van der Waals surface area contributed by atoms with E-state index in [9.17, 15) is 18.0 Å². The summed E-state index contributed by atoms with van der Waals surface area (Å²) < 4.78 is 44.0. The van der Waals surface area contributed by atoms with Gasteiger partial charge in [0.2, 0.25) is 0 Å². The number of piperidine rings is 1. The van der Waals surface area contributed by atoms with E-state index in [1.807, 2.05) is 0 Å². The highest BCUT2D eigenvalue weighted by atomic mass is 19.4. The number of carbonyl (C=O) groups is 1. The Morgan fingerprint density at radius 2 is 1.94 bits per heavy atom. The number of likely N-dealkylation sites (tertiary alicyclic amines) is 1. The van der Waals surface area contributed by atoms with E-state index in [1.54, 1.807) is 36.3 Å². The number of nitrogens with one attached hydrogen (secondary N) is 2. The zero-order valence-corrected chi connectivity index (χ0v) is 17.3. The molecule has 0 atom stereocenters. The largest absolute Gasteiger partial charge is 0.497 e. The molecule has 1 saturated heterocycles. The standard InChI is InChI=1S/C22H22F3N5O2/c1-32-16-4-2-3-15(13-16)28-21(31)30-11-8-14(9-12-30)27-20-17-5-6-19(22(23,24)25)29-18(17)7-10-26-20/h2-7,10,13-14H,8-9,11-12H2,1H3,(H,26,27)(H,28,31). The third kappa shape index (κ3) is 4.84. The van der Waals surface area contributed by atoms with Crippen LogP contribution in [0.25, 0.3) is 10.9 Å². The Balaban J connectivity index is 1.37. The summed E-state index contributed by atoms with van der Waals surface area (Å²) in [6, 6.07) is 10.8. The maximum atomic E-state index is 12.9. The lowest BCUT2D eigenvalue weighted by molar-refractivity contribution is -0.140. The zero-order valence-electron chi connectivity index (χ0n) is 17.3. The molecule has 1 aliphatic heterocycles. The molecule has 0 saturated carbocycles. The summed E-state index contributed by atoms with van der Waals surface area (Å²) in [5, 5.41) is 6.69. The van der Waals surface area contributed by atoms with Gasteiger partial charge >= 0.3 is 12.2 Å². The fraction of sp³-hybridized carbons (Fsp3) is 0.318. The Morgan fingerprint density at radius 1 is 1.16 bits per heavy atom. The number of alkyl halides is 3. The van der Waals surface area contributed by atoms with Crippen LogP contribution in [0.1, 0.15) is 18.5 Å². The highest BCUT2D eigenvalue weighted by molar-refractivity contribution is 5.90. The minimum atomic E-state index is -4.50. The van der Waals surface area contributed by atoms with Crippen molar-refractivity contribution in [3.05, 3.63) is 54.4 Å². The second-order valence-corrected chi connectivity index (χ2v) is 7.49. The van der Waals surface area contributed by atoms with Gasteiger partial charge in [-0.2, -0.15) is 13.2 Å². The zero-order chi connectivity index (χ0) is 22.7. The van der Waals surface area contributed by atoms with Gasteiger partial charge in [-0.05, 0) is 43.2 Å². The molecule has 0 bridgehead atoms. The van der Waals surface area contributed by atoms with Crippen LogP contribution < -0.4 is 15.4 Å². The van der Waals surface area contributed by atoms with Gasteiger partial charge in [-0.3, -0.25) is 0 Å². The molecule has 2 aromatic heterocycles. The predicted octanol–water partition coefficient (Wildman–Crippen LogP) is 4.77. The number of benzene rings is 1. The first-order valence-corrected chi connectivity index (χ1v) is 10.1. The molecule has 3 aromatic rings. The molecule has 32 heavy (non-hydrogen) atoms. The Labute approximate surface area is 182 Å². The number of halogens is 3. The van der Waals surface area contributed by atoms with Crippen molar-refractivity contribution in [1.82, 2.24) is 14.9 Å². The maximum Gasteiger partial charge on any atom is 0.433 e. The lowest BCUT2D eigenvalue weighted by Gasteiger charge is -2.32. The van der Waals surface area contributed by atoms with Crippen LogP contribution in [-0.4, -0.2) is 47.1 Å². The van der Waals surface area contributed by atoms with Gasteiger partial charge in [0.05, 0.1) is 12.6 Å². The van der Waals surface area contributed by atoms with Gasteiger partial charge in [-0.25, -0.2) is 14.8 Å². The fourth-order valence-corrected chi connectivity index (χ4v) is 3.65. The van der Waals surface area contributed by atoms with Crippen molar-refractivity contribution >= 4 is 28.4 Å². The van der Waals surface area contributed by atoms with Crippen molar-refractivity contribution in [3.8, 4) is 5.75 Å². The van der Waals surface area contributed by atoms with Gasteiger partial charge in [0.15, 0.2) is 0 Å². The number of urea groups is 1. The molecule has 1 aliphatic rings. The van der Waals surface area contributed by atoms with E-state index in [-0.39, 0.29) is 17.6 Å². The number of pyridine rings is 2. The summed E-state index contributed by atoms with van der Waals surface area (Å²) in [6.45, 7) is 1.07. The molecule has 2 amide bonds. The molecule has 1 aromatic carbocycles. The number of anilines is 2. The maximum absolute atomic E-state index is 12.9. The molecule has 3 heterocycles. The van der Waals surface area contributed by atoms with Gasteiger partial charge in [-0.1, -0.05) is 6.07 Å². The summed E-state index contributed by atoms with van der Waals surface area (Å²) in [7, 11) is 1.56. The van der Waals surface area contributed by atoms with Crippen LogP contribution in [-0.2, 0) is 6.18 Å². The van der Waals surface area contributed by atoms with Crippen molar-refractivity contribution < 1.29 is 22.7 Å². The number of aromatic nitrogens is 2. The first-order chi connectivity index (χ1) is 15.3. The predicted molar refractivity (Wildman–Crippen MR) is 115 cm³/mol. The van der Waals surface area contributed by atoms with Crippen LogP contribution in [0.2, 0.25) is 0 Å². The Morgan fingerprint density at radius 3 is 2.66 bits per heavy atom. The number of rotatable bonds is 4. The summed E-state index contributed by atoms with van der Waals surface area (Å²) in [4.78, 5) is 22.3. The van der Waals surface area contributed by atoms with Crippen molar-refractivity contribution in [3.63, 3.8) is 0 Å². The van der Waals surface area contributed by atoms with E-state index in [0.29, 0.717) is 48.6 Å². The Bertz CT molecular complexity index is 1110. The third-order valence-corrected chi connectivity index (χ3v) is 5.35. The van der Waals surface area contributed by atoms with Crippen LogP contribution in [0.5, 0.6) is 5.75 Å². The number of nitrogens with zero attached hydrogens (tertiary/aromatic N) is 3. The number of carbonyl (C=O) groups excluding carboxylic acids is 1. The van der Waals surface area contributed by atoms with Crippen molar-refractivity contribution in [2.45, 2.75) is 25.1 Å². The second kappa shape index (κ2) is 8.89. The average molecular weight is 445 g/mol. The minimum absolute atomic E-state index is 0.0382. The molecule has 0 spiro atoms. The smallest absolute Gasteiger partial charge is 0.433 e. The average Bonchev–Trinajstić information content (AvgIpc) is 2.79. The van der Waals surface area contributed by atoms with Gasteiger partial charge in [0.25, 0.3) is 0 Å². The van der Waals surface area contributed by atoms with E-state index in [0.717, 1.165) is 6.07 Å². The van der Waals surface area contributed by atoms with Crippen LogP contribution in [0.3, 0.4) is 0 Å². The summed E-state index contributed by atoms with van der Waals surface area (Å²) in [5.74, 6) is 1.15. The molecule has 7 nitrogen and oxygen atoms in total. The lowest BCUT2D eigenvalue weighted by atomic mass is 10.0. The normalized spacial score (nSPS) is 14.9. The number of hydrogen-bond acceptors (Lipinski definition) is 5. The third-order valence-electron chi connectivity index (χ3n) is 5.35. The molecule has 2 N–H and O–H groups in total. The second-order valence-electron chi connectivity index (χ2n) is 7.49. The van der Waals surface area contributed by atoms with E-state index < -0.39 is 11.9 Å². The molecule has 0 radical (unpaired) electrons. The summed E-state index contributed by atoms with van der Waals surface area (Å²) in [5.41, 5.74) is -0.0507. The highest BCUT2D eigenvalue weighted by Crippen LogP contribution is 2.30. The lowest BCUT2D eigenvalue weighted by Crippen LogP contribution is -2.44. The molecular weight excluding hydrogens is 423 g/mol. The molecule has 1 fully saturated rings. The number of fused-ring (bicyclic) bond motifs is 1. The van der Waals surface area contributed by atoms with E-state index >= 15 is 0 Å². The van der Waals surface area contributed by atoms with Crippen molar-refractivity contribution in [2.75, 3.05) is 30.8 Å². The van der Waals surface area contributed by atoms with Gasteiger partial charge < -0.3 is 20.3 Å². The molecule has 4 rings (SSSR count). The molecule has 0 aliphatic carbocycles. The van der Waals surface area contributed by atoms with Crippen molar-refractivity contribution in [2.24, 2.45) is 0 Å². The number of methoxy groups -OCH3 is 1. The summed E-state index contributed by atoms with van der Waals surface area (Å²) in [6.07, 6.45) is -1.70. The topological polar surface area (TPSA) is 79.4 Å². The number of hydrogen-bond donors (Lipinski definition) is 2. The SMILES string of the molecule is COc1cccc(NC(=O)N2CCC(Nc3nccc4nc(C(F)(F)F)ccc34)CC2)c1. The highest BCUT2D eigenvalue weighted by Gasteiger charge is 2.32. The van der Waals surface area contributed by atoms with E-state index in [2.05, 4.69) is 20.6 Å². The van der Waals surface area contributed by atoms with Crippen LogP contribution in [0.15, 0.2) is 48.7 Å². The molecule has 0 unspecified atom stereocenters. The minimum Gasteiger partial charge on any atom is -0.497 e. The van der Waals surface area contributed by atoms with Crippen molar-refractivity contribution in [1.29, 1.82) is 0 Å². The van der Waals surface area contributed by atoms with E-state index in [4.69, 9.17) is 4.74 Å². The van der Waals surface area contributed by atoms with Crippen LogP contribution in [0.4, 0.5) is 29.5 Å². The van der Waals surface area contributed by atoms with Gasteiger partial charge in [0, 0.05) is 42.5 Å². The number of ether oxygens (including phenoxy) is 1. The van der Waals surface area contributed by atoms with E-state index in [1.165, 1.54) is 18.3 Å². The summed E-state index contributed by atoms with van der Waals surface area (Å²) >= 11 is 0. The molecule has 10 heteroatoms. The monoisotopic (exact) mass is 445 g/mol.